The van der Waals surface area contributed by atoms with Crippen LogP contribution in [0.4, 0.5) is 0 Å². The van der Waals surface area contributed by atoms with Crippen molar-refractivity contribution in [3.05, 3.63) is 17.5 Å². The van der Waals surface area contributed by atoms with E-state index in [0.29, 0.717) is 5.92 Å². The van der Waals surface area contributed by atoms with Crippen LogP contribution in [0.3, 0.4) is 0 Å². The largest absolute Gasteiger partial charge is 0.481 e. The number of carboxylic acids is 1. The molecule has 1 unspecified atom stereocenters. The summed E-state index contributed by atoms with van der Waals surface area (Å²) in [6.45, 7) is 1.70. The number of rotatable bonds is 7. The van der Waals surface area contributed by atoms with Crippen LogP contribution in [0.5, 0.6) is 0 Å². The Morgan fingerprint density at radius 2 is 2.30 bits per heavy atom. The first-order chi connectivity index (χ1) is 9.43. The van der Waals surface area contributed by atoms with Crippen LogP contribution < -0.4 is 5.32 Å². The standard InChI is InChI=1S/C13H18N2O5/c1-13(7-19-2,6-11(16)17)14-12(18)10-5-9(15-20-10)8-3-4-8/h5,8H,3-4,6-7H2,1-2H3,(H,14,18)(H,16,17). The third-order valence-corrected chi connectivity index (χ3v) is 3.17. The van der Waals surface area contributed by atoms with E-state index in [9.17, 15) is 9.59 Å². The molecule has 20 heavy (non-hydrogen) atoms. The summed E-state index contributed by atoms with van der Waals surface area (Å²) in [5.41, 5.74) is -0.216. The molecule has 2 N–H and O–H groups in total. The van der Waals surface area contributed by atoms with Crippen molar-refractivity contribution in [1.29, 1.82) is 0 Å². The number of ether oxygens (including phenoxy) is 1. The molecule has 0 saturated heterocycles. The molecule has 7 heteroatoms. The van der Waals surface area contributed by atoms with Crippen molar-refractivity contribution in [3.8, 4) is 0 Å². The highest BCUT2D eigenvalue weighted by molar-refractivity contribution is 5.92. The number of carbonyl (C=O) groups excluding carboxylic acids is 1. The van der Waals surface area contributed by atoms with Crippen LogP contribution in [-0.2, 0) is 9.53 Å². The minimum Gasteiger partial charge on any atom is -0.481 e. The Kier molecular flexibility index (Phi) is 4.08. The van der Waals surface area contributed by atoms with Gasteiger partial charge in [0.25, 0.3) is 5.91 Å². The monoisotopic (exact) mass is 282 g/mol. The SMILES string of the molecule is COCC(C)(CC(=O)O)NC(=O)c1cc(C2CC2)no1. The van der Waals surface area contributed by atoms with Gasteiger partial charge in [0.15, 0.2) is 0 Å². The zero-order valence-corrected chi connectivity index (χ0v) is 11.5. The van der Waals surface area contributed by atoms with E-state index in [1.54, 1.807) is 13.0 Å². The molecule has 7 nitrogen and oxygen atoms in total. The van der Waals surface area contributed by atoms with Crippen LogP contribution in [0, 0.1) is 0 Å². The highest BCUT2D eigenvalue weighted by Gasteiger charge is 2.32. The normalized spacial score (nSPS) is 17.5. The lowest BCUT2D eigenvalue weighted by Crippen LogP contribution is -2.50. The van der Waals surface area contributed by atoms with Crippen molar-refractivity contribution in [2.75, 3.05) is 13.7 Å². The third kappa shape index (κ3) is 3.57. The van der Waals surface area contributed by atoms with Crippen molar-refractivity contribution < 1.29 is 24.0 Å². The number of carbonyl (C=O) groups is 2. The molecule has 1 aromatic heterocycles. The van der Waals surface area contributed by atoms with Crippen molar-refractivity contribution >= 4 is 11.9 Å². The van der Waals surface area contributed by atoms with Gasteiger partial charge in [0.05, 0.1) is 24.3 Å². The first-order valence-corrected chi connectivity index (χ1v) is 6.43. The molecule has 0 bridgehead atoms. The van der Waals surface area contributed by atoms with Crippen LogP contribution in [-0.4, -0.2) is 41.4 Å². The number of aliphatic carboxylic acids is 1. The van der Waals surface area contributed by atoms with Crippen molar-refractivity contribution in [2.24, 2.45) is 0 Å². The molecular formula is C13H18N2O5. The molecule has 1 heterocycles. The van der Waals surface area contributed by atoms with E-state index >= 15 is 0 Å². The van der Waals surface area contributed by atoms with Crippen LogP contribution in [0.15, 0.2) is 10.6 Å². The van der Waals surface area contributed by atoms with E-state index in [2.05, 4.69) is 10.5 Å². The van der Waals surface area contributed by atoms with E-state index in [1.165, 1.54) is 7.11 Å². The molecule has 1 fully saturated rings. The molecule has 0 aromatic carbocycles. The van der Waals surface area contributed by atoms with E-state index < -0.39 is 17.4 Å². The van der Waals surface area contributed by atoms with E-state index in [-0.39, 0.29) is 18.8 Å². The van der Waals surface area contributed by atoms with Gasteiger partial charge in [-0.25, -0.2) is 0 Å². The molecule has 1 aromatic rings. The molecule has 1 aliphatic rings. The fourth-order valence-corrected chi connectivity index (χ4v) is 2.09. The third-order valence-electron chi connectivity index (χ3n) is 3.17. The molecule has 2 rings (SSSR count). The summed E-state index contributed by atoms with van der Waals surface area (Å²) < 4.78 is 9.98. The summed E-state index contributed by atoms with van der Waals surface area (Å²) in [7, 11) is 1.45. The van der Waals surface area contributed by atoms with Crippen LogP contribution >= 0.6 is 0 Å². The quantitative estimate of drug-likeness (QED) is 0.778. The summed E-state index contributed by atoms with van der Waals surface area (Å²) in [4.78, 5) is 22.9. The van der Waals surface area contributed by atoms with Crippen molar-refractivity contribution in [2.45, 2.75) is 37.6 Å². The lowest BCUT2D eigenvalue weighted by Gasteiger charge is -2.27. The number of nitrogens with zero attached hydrogens (tertiary/aromatic N) is 1. The Labute approximate surface area is 116 Å². The van der Waals surface area contributed by atoms with E-state index in [1.807, 2.05) is 0 Å². The van der Waals surface area contributed by atoms with Crippen LogP contribution in [0.1, 0.15) is 48.4 Å². The Hall–Kier alpha value is -1.89. The lowest BCUT2D eigenvalue weighted by molar-refractivity contribution is -0.139. The number of hydrogen-bond donors (Lipinski definition) is 2. The van der Waals surface area contributed by atoms with Gasteiger partial charge < -0.3 is 19.7 Å². The molecular weight excluding hydrogens is 264 g/mol. The predicted molar refractivity (Wildman–Crippen MR) is 68.5 cm³/mol. The minimum atomic E-state index is -1.01. The molecule has 0 aliphatic heterocycles. The second-order valence-corrected chi connectivity index (χ2v) is 5.41. The number of aromatic nitrogens is 1. The smallest absolute Gasteiger partial charge is 0.305 e. The molecule has 110 valence electrons. The second kappa shape index (κ2) is 5.62. The molecule has 1 aliphatic carbocycles. The maximum Gasteiger partial charge on any atom is 0.305 e. The molecule has 1 amide bonds. The van der Waals surface area contributed by atoms with Crippen molar-refractivity contribution in [3.63, 3.8) is 0 Å². The first kappa shape index (κ1) is 14.5. The summed E-state index contributed by atoms with van der Waals surface area (Å²) in [6, 6.07) is 1.61. The van der Waals surface area contributed by atoms with Gasteiger partial charge >= 0.3 is 5.97 Å². The van der Waals surface area contributed by atoms with Gasteiger partial charge in [-0.3, -0.25) is 9.59 Å². The molecule has 0 radical (unpaired) electrons. The Morgan fingerprint density at radius 1 is 1.60 bits per heavy atom. The van der Waals surface area contributed by atoms with Gasteiger partial charge in [0.2, 0.25) is 5.76 Å². The molecule has 0 spiro atoms. The Balaban J connectivity index is 2.04. The van der Waals surface area contributed by atoms with Gasteiger partial charge in [-0.2, -0.15) is 0 Å². The average molecular weight is 282 g/mol. The van der Waals surface area contributed by atoms with E-state index in [4.69, 9.17) is 14.4 Å². The predicted octanol–water partition coefficient (Wildman–Crippen LogP) is 1.16. The van der Waals surface area contributed by atoms with Gasteiger partial charge in [-0.05, 0) is 19.8 Å². The number of hydrogen-bond acceptors (Lipinski definition) is 5. The number of carboxylic acid groups (broad SMARTS) is 1. The minimum absolute atomic E-state index is 0.0919. The maximum absolute atomic E-state index is 12.1. The number of methoxy groups -OCH3 is 1. The zero-order chi connectivity index (χ0) is 14.8. The fourth-order valence-electron chi connectivity index (χ4n) is 2.09. The summed E-state index contributed by atoms with van der Waals surface area (Å²) in [6.07, 6.45) is 1.89. The molecule has 1 atom stereocenters. The van der Waals surface area contributed by atoms with Crippen LogP contribution in [0.25, 0.3) is 0 Å². The second-order valence-electron chi connectivity index (χ2n) is 5.41. The summed E-state index contributed by atoms with van der Waals surface area (Å²) in [5.74, 6) is -1.00. The maximum atomic E-state index is 12.1. The fraction of sp³-hybridized carbons (Fsp3) is 0.615. The highest BCUT2D eigenvalue weighted by Crippen LogP contribution is 2.39. The van der Waals surface area contributed by atoms with Gasteiger partial charge in [-0.15, -0.1) is 0 Å². The Morgan fingerprint density at radius 3 is 2.85 bits per heavy atom. The van der Waals surface area contributed by atoms with Gasteiger partial charge in [0.1, 0.15) is 0 Å². The first-order valence-electron chi connectivity index (χ1n) is 6.43. The topological polar surface area (TPSA) is 102 Å². The zero-order valence-electron chi connectivity index (χ0n) is 11.5. The summed E-state index contributed by atoms with van der Waals surface area (Å²) >= 11 is 0. The van der Waals surface area contributed by atoms with Crippen LogP contribution in [0.2, 0.25) is 0 Å². The summed E-state index contributed by atoms with van der Waals surface area (Å²) in [5, 5.41) is 15.4. The average Bonchev–Trinajstić information content (AvgIpc) is 3.05. The number of nitrogens with one attached hydrogen (secondary N) is 1. The molecule has 1 saturated carbocycles. The van der Waals surface area contributed by atoms with E-state index in [0.717, 1.165) is 18.5 Å². The number of amides is 1. The van der Waals surface area contributed by atoms with Crippen molar-refractivity contribution in [1.82, 2.24) is 10.5 Å². The Bertz CT molecular complexity index is 509. The van der Waals surface area contributed by atoms with Gasteiger partial charge in [0, 0.05) is 19.1 Å². The van der Waals surface area contributed by atoms with Gasteiger partial charge in [-0.1, -0.05) is 5.16 Å². The lowest BCUT2D eigenvalue weighted by atomic mass is 9.99. The highest BCUT2D eigenvalue weighted by atomic mass is 16.5.